The van der Waals surface area contributed by atoms with Crippen LogP contribution in [0.3, 0.4) is 0 Å². The van der Waals surface area contributed by atoms with Gasteiger partial charge in [0.25, 0.3) is 5.56 Å². The fourth-order valence-electron chi connectivity index (χ4n) is 4.39. The number of benzene rings is 2. The molecule has 1 amide bonds. The van der Waals surface area contributed by atoms with Crippen LogP contribution in [0.2, 0.25) is 0 Å². The number of aromatic nitrogens is 3. The van der Waals surface area contributed by atoms with Gasteiger partial charge < -0.3 is 9.88 Å². The van der Waals surface area contributed by atoms with Crippen molar-refractivity contribution in [1.82, 2.24) is 14.3 Å². The highest BCUT2D eigenvalue weighted by Gasteiger charge is 2.26. The lowest BCUT2D eigenvalue weighted by atomic mass is 10.1. The molecule has 0 saturated carbocycles. The van der Waals surface area contributed by atoms with Gasteiger partial charge in [0.05, 0.1) is 17.3 Å². The van der Waals surface area contributed by atoms with Crippen LogP contribution in [0.5, 0.6) is 0 Å². The van der Waals surface area contributed by atoms with E-state index >= 15 is 0 Å². The zero-order valence-electron chi connectivity index (χ0n) is 19.1. The zero-order chi connectivity index (χ0) is 23.0. The lowest BCUT2D eigenvalue weighted by molar-refractivity contribution is -0.119. The maximum absolute atomic E-state index is 13.4. The molecule has 1 atom stereocenters. The highest BCUT2D eigenvalue weighted by atomic mass is 16.2. The number of nitrogens with one attached hydrogen (secondary N) is 1. The number of anilines is 1. The molecule has 0 aliphatic rings. The third-order valence-corrected chi connectivity index (χ3v) is 6.32. The predicted molar refractivity (Wildman–Crippen MR) is 129 cm³/mol. The second-order valence-electron chi connectivity index (χ2n) is 8.19. The lowest BCUT2D eigenvalue weighted by Crippen LogP contribution is -2.27. The minimum absolute atomic E-state index is 0.0935. The monoisotopic (exact) mass is 428 g/mol. The summed E-state index contributed by atoms with van der Waals surface area (Å²) in [5, 5.41) is 8.87. The second kappa shape index (κ2) is 8.46. The number of hydrogen-bond acceptors (Lipinski definition) is 3. The molecule has 0 aliphatic heterocycles. The van der Waals surface area contributed by atoms with Crippen molar-refractivity contribution in [2.45, 2.75) is 47.1 Å². The highest BCUT2D eigenvalue weighted by molar-refractivity contribution is 5.96. The molecule has 4 aromatic rings. The number of carbonyl (C=O) groups excluding carboxylic acids is 1. The predicted octanol–water partition coefficient (Wildman–Crippen LogP) is 5.01. The number of hydrogen-bond donors (Lipinski definition) is 1. The van der Waals surface area contributed by atoms with E-state index in [0.29, 0.717) is 17.5 Å². The summed E-state index contributed by atoms with van der Waals surface area (Å²) in [5.41, 5.74) is 5.16. The number of carbonyl (C=O) groups is 1. The topological polar surface area (TPSA) is 68.9 Å². The van der Waals surface area contributed by atoms with Gasteiger partial charge in [-0.15, -0.1) is 0 Å². The summed E-state index contributed by atoms with van der Waals surface area (Å²) in [6.07, 6.45) is 2.32. The van der Waals surface area contributed by atoms with Crippen LogP contribution in [0.4, 0.5) is 5.69 Å². The Labute approximate surface area is 187 Å². The summed E-state index contributed by atoms with van der Waals surface area (Å²) in [4.78, 5) is 26.7. The SMILES string of the molecule is CC[C@H](C(=O)Nc1cccc(C)c1C)n1c(C)c2cnn(-c3ccccc3)c(=O)c2c1C. The number of nitrogens with zero attached hydrogens (tertiary/aromatic N) is 3. The van der Waals surface area contributed by atoms with Gasteiger partial charge in [-0.25, -0.2) is 0 Å². The molecule has 0 bridgehead atoms. The number of aryl methyl sites for hydroxylation is 3. The van der Waals surface area contributed by atoms with Gasteiger partial charge in [-0.1, -0.05) is 37.3 Å². The third kappa shape index (κ3) is 3.51. The second-order valence-corrected chi connectivity index (χ2v) is 8.19. The first-order valence-corrected chi connectivity index (χ1v) is 10.9. The summed E-state index contributed by atoms with van der Waals surface area (Å²) < 4.78 is 3.39. The van der Waals surface area contributed by atoms with Gasteiger partial charge in [-0.05, 0) is 63.4 Å². The van der Waals surface area contributed by atoms with Crippen LogP contribution in [0.25, 0.3) is 16.5 Å². The van der Waals surface area contributed by atoms with Gasteiger partial charge in [0.2, 0.25) is 5.91 Å². The van der Waals surface area contributed by atoms with E-state index in [4.69, 9.17) is 0 Å². The highest BCUT2D eigenvalue weighted by Crippen LogP contribution is 2.29. The van der Waals surface area contributed by atoms with Crippen LogP contribution < -0.4 is 10.9 Å². The molecule has 0 saturated heterocycles. The van der Waals surface area contributed by atoms with E-state index in [1.54, 1.807) is 6.20 Å². The van der Waals surface area contributed by atoms with Crippen LogP contribution in [-0.2, 0) is 4.79 Å². The van der Waals surface area contributed by atoms with Crippen molar-refractivity contribution in [3.8, 4) is 5.69 Å². The molecule has 0 aliphatic carbocycles. The molecule has 0 radical (unpaired) electrons. The van der Waals surface area contributed by atoms with Crippen LogP contribution >= 0.6 is 0 Å². The van der Waals surface area contributed by atoms with Crippen molar-refractivity contribution in [3.05, 3.63) is 87.6 Å². The van der Waals surface area contributed by atoms with Gasteiger partial charge in [-0.2, -0.15) is 9.78 Å². The molecule has 0 fully saturated rings. The molecule has 0 spiro atoms. The number of rotatable bonds is 5. The molecule has 6 heteroatoms. The van der Waals surface area contributed by atoms with Crippen LogP contribution in [0.15, 0.2) is 59.5 Å². The lowest BCUT2D eigenvalue weighted by Gasteiger charge is -2.21. The van der Waals surface area contributed by atoms with E-state index in [9.17, 15) is 9.59 Å². The Balaban J connectivity index is 1.80. The van der Waals surface area contributed by atoms with Gasteiger partial charge in [0.15, 0.2) is 0 Å². The Morgan fingerprint density at radius 3 is 2.41 bits per heavy atom. The van der Waals surface area contributed by atoms with Crippen LogP contribution in [0, 0.1) is 27.7 Å². The summed E-state index contributed by atoms with van der Waals surface area (Å²) >= 11 is 0. The van der Waals surface area contributed by atoms with E-state index in [-0.39, 0.29) is 11.5 Å². The zero-order valence-corrected chi connectivity index (χ0v) is 19.1. The van der Waals surface area contributed by atoms with Crippen molar-refractivity contribution < 1.29 is 4.79 Å². The number of para-hydroxylation sites is 1. The first kappa shape index (κ1) is 21.6. The number of amides is 1. The summed E-state index contributed by atoms with van der Waals surface area (Å²) in [5.74, 6) is -0.0935. The van der Waals surface area contributed by atoms with Crippen molar-refractivity contribution in [3.63, 3.8) is 0 Å². The Bertz CT molecular complexity index is 1370. The van der Waals surface area contributed by atoms with E-state index in [2.05, 4.69) is 10.4 Å². The quantitative estimate of drug-likeness (QED) is 0.486. The van der Waals surface area contributed by atoms with E-state index in [0.717, 1.165) is 33.6 Å². The molecular formula is C26H28N4O2. The molecule has 2 heterocycles. The maximum atomic E-state index is 13.4. The Kier molecular flexibility index (Phi) is 5.70. The largest absolute Gasteiger partial charge is 0.335 e. The Hall–Kier alpha value is -3.67. The normalized spacial score (nSPS) is 12.2. The first-order valence-electron chi connectivity index (χ1n) is 10.9. The van der Waals surface area contributed by atoms with E-state index in [1.807, 2.05) is 87.7 Å². The summed E-state index contributed by atoms with van der Waals surface area (Å²) in [7, 11) is 0. The average molecular weight is 429 g/mol. The van der Waals surface area contributed by atoms with Crippen molar-refractivity contribution in [1.29, 1.82) is 0 Å². The maximum Gasteiger partial charge on any atom is 0.281 e. The van der Waals surface area contributed by atoms with Crippen molar-refractivity contribution >= 4 is 22.4 Å². The van der Waals surface area contributed by atoms with Crippen LogP contribution in [0.1, 0.15) is 41.9 Å². The van der Waals surface area contributed by atoms with Crippen molar-refractivity contribution in [2.75, 3.05) is 5.32 Å². The van der Waals surface area contributed by atoms with Crippen molar-refractivity contribution in [2.24, 2.45) is 0 Å². The van der Waals surface area contributed by atoms with Gasteiger partial charge >= 0.3 is 0 Å². The molecule has 4 rings (SSSR count). The van der Waals surface area contributed by atoms with Gasteiger partial charge in [0.1, 0.15) is 6.04 Å². The van der Waals surface area contributed by atoms with Gasteiger partial charge in [-0.3, -0.25) is 9.59 Å². The minimum atomic E-state index is -0.438. The molecule has 0 unspecified atom stereocenters. The summed E-state index contributed by atoms with van der Waals surface area (Å²) in [6, 6.07) is 14.8. The molecular weight excluding hydrogens is 400 g/mol. The van der Waals surface area contributed by atoms with E-state index in [1.165, 1.54) is 4.68 Å². The molecule has 2 aromatic carbocycles. The summed E-state index contributed by atoms with van der Waals surface area (Å²) in [6.45, 7) is 9.86. The average Bonchev–Trinajstić information content (AvgIpc) is 3.04. The third-order valence-electron chi connectivity index (χ3n) is 6.32. The minimum Gasteiger partial charge on any atom is -0.335 e. The number of fused-ring (bicyclic) bond motifs is 1. The van der Waals surface area contributed by atoms with Crippen LogP contribution in [-0.4, -0.2) is 20.3 Å². The standard InChI is InChI=1S/C26H28N4O2/c1-6-23(25(31)28-22-14-10-11-16(2)17(22)3)29-18(4)21-15-27-30(20-12-8-7-9-13-20)26(32)24(21)19(29)5/h7-15,23H,6H2,1-5H3,(H,28,31)/t23-/m1/s1. The Morgan fingerprint density at radius 2 is 1.72 bits per heavy atom. The first-order chi connectivity index (χ1) is 15.3. The Morgan fingerprint density at radius 1 is 1.00 bits per heavy atom. The molecule has 32 heavy (non-hydrogen) atoms. The van der Waals surface area contributed by atoms with E-state index < -0.39 is 6.04 Å². The fraction of sp³-hybridized carbons (Fsp3) is 0.269. The molecule has 2 aromatic heterocycles. The smallest absolute Gasteiger partial charge is 0.281 e. The van der Waals surface area contributed by atoms with Gasteiger partial charge in [0, 0.05) is 22.5 Å². The molecule has 1 N–H and O–H groups in total. The molecule has 6 nitrogen and oxygen atoms in total. The molecule has 164 valence electrons. The fourth-order valence-corrected chi connectivity index (χ4v) is 4.39.